The highest BCUT2D eigenvalue weighted by molar-refractivity contribution is 6.14. The maximum Gasteiger partial charge on any atom is 0.348 e. The molecule has 0 unspecified atom stereocenters. The SMILES string of the molecule is C=C1C(=O)OC(C)(CCCCCC)OC1=O. The molecule has 1 fully saturated rings. The van der Waals surface area contributed by atoms with Gasteiger partial charge in [0.2, 0.25) is 0 Å². The van der Waals surface area contributed by atoms with Crippen LogP contribution >= 0.6 is 0 Å². The lowest BCUT2D eigenvalue weighted by Gasteiger charge is -2.33. The van der Waals surface area contributed by atoms with Gasteiger partial charge in [-0.3, -0.25) is 0 Å². The number of carbonyl (C=O) groups is 2. The van der Waals surface area contributed by atoms with E-state index in [9.17, 15) is 9.59 Å². The van der Waals surface area contributed by atoms with E-state index in [1.807, 2.05) is 0 Å². The lowest BCUT2D eigenvalue weighted by atomic mass is 10.1. The van der Waals surface area contributed by atoms with E-state index in [1.54, 1.807) is 6.92 Å². The van der Waals surface area contributed by atoms with Gasteiger partial charge in [0.05, 0.1) is 0 Å². The average Bonchev–Trinajstić information content (AvgIpc) is 2.21. The first-order chi connectivity index (χ1) is 7.48. The van der Waals surface area contributed by atoms with Crippen molar-refractivity contribution in [2.24, 2.45) is 0 Å². The second kappa shape index (κ2) is 5.14. The minimum absolute atomic E-state index is 0.231. The molecule has 0 aromatic heterocycles. The van der Waals surface area contributed by atoms with Crippen LogP contribution in [0.25, 0.3) is 0 Å². The molecule has 0 atom stereocenters. The molecule has 0 amide bonds. The van der Waals surface area contributed by atoms with E-state index in [0.29, 0.717) is 6.42 Å². The molecule has 0 saturated carbocycles. The molecule has 16 heavy (non-hydrogen) atoms. The van der Waals surface area contributed by atoms with Crippen molar-refractivity contribution >= 4 is 11.9 Å². The van der Waals surface area contributed by atoms with Crippen molar-refractivity contribution < 1.29 is 19.1 Å². The summed E-state index contributed by atoms with van der Waals surface area (Å²) >= 11 is 0. The molecule has 0 bridgehead atoms. The Morgan fingerprint density at radius 1 is 1.12 bits per heavy atom. The van der Waals surface area contributed by atoms with Crippen LogP contribution in [0.1, 0.15) is 46.0 Å². The Hall–Kier alpha value is -1.32. The number of rotatable bonds is 5. The Balaban J connectivity index is 2.48. The summed E-state index contributed by atoms with van der Waals surface area (Å²) in [6.45, 7) is 7.03. The van der Waals surface area contributed by atoms with Crippen LogP contribution < -0.4 is 0 Å². The van der Waals surface area contributed by atoms with Crippen molar-refractivity contribution in [1.29, 1.82) is 0 Å². The van der Waals surface area contributed by atoms with Crippen LogP contribution in [0.15, 0.2) is 12.2 Å². The molecule has 0 aliphatic carbocycles. The van der Waals surface area contributed by atoms with Crippen molar-refractivity contribution in [3.05, 3.63) is 12.2 Å². The topological polar surface area (TPSA) is 52.6 Å². The Kier molecular flexibility index (Phi) is 4.10. The minimum atomic E-state index is -1.11. The molecule has 4 heteroatoms. The first-order valence-corrected chi connectivity index (χ1v) is 5.64. The Morgan fingerprint density at radius 3 is 2.19 bits per heavy atom. The fourth-order valence-electron chi connectivity index (χ4n) is 1.59. The van der Waals surface area contributed by atoms with E-state index in [1.165, 1.54) is 0 Å². The fraction of sp³-hybridized carbons (Fsp3) is 0.667. The van der Waals surface area contributed by atoms with Crippen molar-refractivity contribution in [3.63, 3.8) is 0 Å². The maximum absolute atomic E-state index is 11.3. The third-order valence-corrected chi connectivity index (χ3v) is 2.59. The van der Waals surface area contributed by atoms with Crippen LogP contribution in [0.5, 0.6) is 0 Å². The predicted molar refractivity (Wildman–Crippen MR) is 58.5 cm³/mol. The number of unbranched alkanes of at least 4 members (excludes halogenated alkanes) is 3. The zero-order valence-electron chi connectivity index (χ0n) is 9.88. The van der Waals surface area contributed by atoms with Crippen LogP contribution in [0.2, 0.25) is 0 Å². The molecule has 1 aliphatic rings. The van der Waals surface area contributed by atoms with Gasteiger partial charge < -0.3 is 9.47 Å². The quantitative estimate of drug-likeness (QED) is 0.312. The summed E-state index contributed by atoms with van der Waals surface area (Å²) in [4.78, 5) is 22.6. The third-order valence-electron chi connectivity index (χ3n) is 2.59. The second-order valence-electron chi connectivity index (χ2n) is 4.20. The van der Waals surface area contributed by atoms with E-state index < -0.39 is 17.7 Å². The van der Waals surface area contributed by atoms with Gasteiger partial charge in [0.25, 0.3) is 5.79 Å². The Labute approximate surface area is 95.6 Å². The summed E-state index contributed by atoms with van der Waals surface area (Å²) in [5.74, 6) is -2.45. The molecule has 90 valence electrons. The lowest BCUT2D eigenvalue weighted by Crippen LogP contribution is -2.43. The van der Waals surface area contributed by atoms with Crippen molar-refractivity contribution in [3.8, 4) is 0 Å². The summed E-state index contributed by atoms with van der Waals surface area (Å²) in [5.41, 5.74) is -0.231. The van der Waals surface area contributed by atoms with E-state index in [-0.39, 0.29) is 5.57 Å². The molecule has 0 radical (unpaired) electrons. The smallest absolute Gasteiger partial charge is 0.348 e. The normalized spacial score (nSPS) is 19.2. The molecular formula is C12H18O4. The van der Waals surface area contributed by atoms with E-state index in [4.69, 9.17) is 9.47 Å². The van der Waals surface area contributed by atoms with Crippen molar-refractivity contribution in [2.45, 2.75) is 51.7 Å². The first-order valence-electron chi connectivity index (χ1n) is 5.64. The van der Waals surface area contributed by atoms with Gasteiger partial charge in [-0.15, -0.1) is 0 Å². The highest BCUT2D eigenvalue weighted by atomic mass is 16.7. The molecule has 1 rings (SSSR count). The lowest BCUT2D eigenvalue weighted by molar-refractivity contribution is -0.231. The minimum Gasteiger partial charge on any atom is -0.419 e. The molecule has 1 saturated heterocycles. The van der Waals surface area contributed by atoms with Gasteiger partial charge in [0.1, 0.15) is 5.57 Å². The van der Waals surface area contributed by atoms with Gasteiger partial charge in [0.15, 0.2) is 0 Å². The number of hydrogen-bond donors (Lipinski definition) is 0. The van der Waals surface area contributed by atoms with Gasteiger partial charge in [-0.2, -0.15) is 0 Å². The van der Waals surface area contributed by atoms with E-state index in [0.717, 1.165) is 25.7 Å². The zero-order valence-corrected chi connectivity index (χ0v) is 9.88. The Bertz CT molecular complexity index is 286. The average molecular weight is 226 g/mol. The largest absolute Gasteiger partial charge is 0.419 e. The van der Waals surface area contributed by atoms with E-state index in [2.05, 4.69) is 13.5 Å². The number of carbonyl (C=O) groups excluding carboxylic acids is 2. The van der Waals surface area contributed by atoms with Gasteiger partial charge in [-0.05, 0) is 6.42 Å². The van der Waals surface area contributed by atoms with Gasteiger partial charge in [-0.25, -0.2) is 9.59 Å². The summed E-state index contributed by atoms with van der Waals surface area (Å²) in [6.07, 6.45) is 4.72. The van der Waals surface area contributed by atoms with Crippen LogP contribution in [0, 0.1) is 0 Å². The van der Waals surface area contributed by atoms with Gasteiger partial charge in [0, 0.05) is 13.3 Å². The molecule has 4 nitrogen and oxygen atoms in total. The molecule has 0 aromatic carbocycles. The maximum atomic E-state index is 11.3. The van der Waals surface area contributed by atoms with Gasteiger partial charge >= 0.3 is 11.9 Å². The van der Waals surface area contributed by atoms with Crippen LogP contribution in [-0.2, 0) is 19.1 Å². The van der Waals surface area contributed by atoms with Gasteiger partial charge in [-0.1, -0.05) is 32.8 Å². The Morgan fingerprint density at radius 2 is 1.69 bits per heavy atom. The number of ether oxygens (including phenoxy) is 2. The summed E-state index contributed by atoms with van der Waals surface area (Å²) in [5, 5.41) is 0. The summed E-state index contributed by atoms with van der Waals surface area (Å²) in [6, 6.07) is 0. The molecule has 0 N–H and O–H groups in total. The standard InChI is InChI=1S/C12H18O4/c1-4-5-6-7-8-12(3)15-10(13)9(2)11(14)16-12/h2,4-8H2,1,3H3. The zero-order chi connectivity index (χ0) is 12.2. The molecule has 1 heterocycles. The highest BCUT2D eigenvalue weighted by Gasteiger charge is 2.40. The monoisotopic (exact) mass is 226 g/mol. The molecule has 1 aliphatic heterocycles. The third kappa shape index (κ3) is 3.08. The molecular weight excluding hydrogens is 208 g/mol. The summed E-state index contributed by atoms with van der Waals surface area (Å²) < 4.78 is 10.1. The van der Waals surface area contributed by atoms with E-state index >= 15 is 0 Å². The van der Waals surface area contributed by atoms with Crippen LogP contribution in [0.4, 0.5) is 0 Å². The summed E-state index contributed by atoms with van der Waals surface area (Å²) in [7, 11) is 0. The number of cyclic esters (lactones) is 2. The first kappa shape index (κ1) is 12.7. The number of hydrogen-bond acceptors (Lipinski definition) is 4. The second-order valence-corrected chi connectivity index (χ2v) is 4.20. The highest BCUT2D eigenvalue weighted by Crippen LogP contribution is 2.27. The number of esters is 2. The molecule has 0 aromatic rings. The fourth-order valence-corrected chi connectivity index (χ4v) is 1.59. The van der Waals surface area contributed by atoms with Crippen molar-refractivity contribution in [1.82, 2.24) is 0 Å². The molecule has 0 spiro atoms. The van der Waals surface area contributed by atoms with Crippen LogP contribution in [-0.4, -0.2) is 17.7 Å². The predicted octanol–water partition coefficient (Wildman–Crippen LogP) is 2.33. The van der Waals surface area contributed by atoms with Crippen molar-refractivity contribution in [2.75, 3.05) is 0 Å². The van der Waals surface area contributed by atoms with Crippen LogP contribution in [0.3, 0.4) is 0 Å².